The number of hydrogen-bond donors (Lipinski definition) is 2. The number of nitrogens with zero attached hydrogens (tertiary/aromatic N) is 2. The van der Waals surface area contributed by atoms with Crippen LogP contribution >= 0.6 is 11.6 Å². The van der Waals surface area contributed by atoms with E-state index in [9.17, 15) is 9.18 Å². The monoisotopic (exact) mass is 363 g/mol. The van der Waals surface area contributed by atoms with Crippen LogP contribution in [0, 0.1) is 17.9 Å². The van der Waals surface area contributed by atoms with Crippen LogP contribution in [0.4, 0.5) is 10.2 Å². The van der Waals surface area contributed by atoms with Crippen LogP contribution in [0.5, 0.6) is 0 Å². The molecule has 8 heteroatoms. The summed E-state index contributed by atoms with van der Waals surface area (Å²) in [5.41, 5.74) is 5.72. The molecule has 1 aliphatic rings. The largest absolute Gasteiger partial charge is 0.381 e. The Labute approximate surface area is 149 Å². The highest BCUT2D eigenvalue weighted by Crippen LogP contribution is 2.32. The molecule has 1 saturated heterocycles. The van der Waals surface area contributed by atoms with Gasteiger partial charge in [-0.05, 0) is 30.9 Å². The third kappa shape index (κ3) is 4.05. The van der Waals surface area contributed by atoms with Gasteiger partial charge in [0.15, 0.2) is 5.82 Å². The Morgan fingerprint density at radius 1 is 1.48 bits per heavy atom. The average Bonchev–Trinajstić information content (AvgIpc) is 2.62. The number of aromatic nitrogens is 2. The standard InChI is InChI=1S/C17H17ClFN4O2/c18-15-12(17(20)24)7-14(22-8-10-2-5-25-6-3-10)23-16(15)11-1-4-21-9-13(11)19/h1,7,9-10H,2-3,5-6,8H2,(H2,20,24)(H,22,23). The lowest BCUT2D eigenvalue weighted by Gasteiger charge is -2.22. The van der Waals surface area contributed by atoms with Gasteiger partial charge in [-0.25, -0.2) is 9.37 Å². The fraction of sp³-hybridized carbons (Fsp3) is 0.353. The molecule has 1 amide bonds. The molecule has 131 valence electrons. The molecule has 1 radical (unpaired) electrons. The molecule has 6 nitrogen and oxygen atoms in total. The number of ether oxygens (including phenoxy) is 1. The number of carbonyl (C=O) groups excluding carboxylic acids is 1. The molecular weight excluding hydrogens is 347 g/mol. The van der Waals surface area contributed by atoms with E-state index in [4.69, 9.17) is 22.1 Å². The first-order chi connectivity index (χ1) is 12.1. The van der Waals surface area contributed by atoms with Gasteiger partial charge in [-0.15, -0.1) is 0 Å². The molecule has 1 aliphatic heterocycles. The number of anilines is 1. The highest BCUT2D eigenvalue weighted by molar-refractivity contribution is 6.36. The van der Waals surface area contributed by atoms with Crippen molar-refractivity contribution in [1.29, 1.82) is 0 Å². The maximum Gasteiger partial charge on any atom is 0.250 e. The number of rotatable bonds is 5. The number of nitrogens with two attached hydrogens (primary N) is 1. The second-order valence-corrected chi connectivity index (χ2v) is 6.19. The summed E-state index contributed by atoms with van der Waals surface area (Å²) in [5.74, 6) is -0.458. The van der Waals surface area contributed by atoms with Crippen LogP contribution in [0.3, 0.4) is 0 Å². The van der Waals surface area contributed by atoms with E-state index in [1.165, 1.54) is 12.1 Å². The van der Waals surface area contributed by atoms with Gasteiger partial charge in [0, 0.05) is 25.3 Å². The molecule has 0 aromatic carbocycles. The van der Waals surface area contributed by atoms with Gasteiger partial charge in [0.25, 0.3) is 0 Å². The number of primary amides is 1. The molecule has 3 rings (SSSR count). The molecule has 3 N–H and O–H groups in total. The first-order valence-corrected chi connectivity index (χ1v) is 8.28. The second kappa shape index (κ2) is 7.76. The third-order valence-corrected chi connectivity index (χ3v) is 4.49. The van der Waals surface area contributed by atoms with Crippen molar-refractivity contribution in [3.8, 4) is 11.3 Å². The summed E-state index contributed by atoms with van der Waals surface area (Å²) >= 11 is 6.22. The number of halogens is 2. The molecule has 0 aliphatic carbocycles. The van der Waals surface area contributed by atoms with Gasteiger partial charge in [0.1, 0.15) is 5.82 Å². The molecule has 1 fully saturated rings. The van der Waals surface area contributed by atoms with E-state index in [0.29, 0.717) is 18.3 Å². The van der Waals surface area contributed by atoms with E-state index in [1.54, 1.807) is 0 Å². The number of carbonyl (C=O) groups is 1. The van der Waals surface area contributed by atoms with Gasteiger partial charge in [0.05, 0.1) is 28.7 Å². The molecule has 0 bridgehead atoms. The number of hydrogen-bond acceptors (Lipinski definition) is 5. The quantitative estimate of drug-likeness (QED) is 0.852. The molecular formula is C17H17ClFN4O2. The van der Waals surface area contributed by atoms with Crippen molar-refractivity contribution in [2.45, 2.75) is 12.8 Å². The van der Waals surface area contributed by atoms with Crippen LogP contribution in [-0.4, -0.2) is 35.6 Å². The number of nitrogens with one attached hydrogen (secondary N) is 1. The molecule has 3 heterocycles. The lowest BCUT2D eigenvalue weighted by Crippen LogP contribution is -2.23. The lowest BCUT2D eigenvalue weighted by molar-refractivity contribution is 0.0699. The highest BCUT2D eigenvalue weighted by atomic mass is 35.5. The fourth-order valence-electron chi connectivity index (χ4n) is 2.69. The Hall–Kier alpha value is -2.25. The third-order valence-electron chi connectivity index (χ3n) is 4.11. The normalized spacial score (nSPS) is 15.1. The van der Waals surface area contributed by atoms with Gasteiger partial charge in [0.2, 0.25) is 5.91 Å². The Kier molecular flexibility index (Phi) is 5.45. The zero-order valence-corrected chi connectivity index (χ0v) is 14.1. The van der Waals surface area contributed by atoms with Crippen LogP contribution < -0.4 is 11.1 Å². The molecule has 0 saturated carbocycles. The Balaban J connectivity index is 1.93. The zero-order chi connectivity index (χ0) is 17.8. The summed E-state index contributed by atoms with van der Waals surface area (Å²) in [4.78, 5) is 19.6. The Morgan fingerprint density at radius 3 is 2.92 bits per heavy atom. The number of pyridine rings is 2. The van der Waals surface area contributed by atoms with Crippen LogP contribution in [0.2, 0.25) is 5.02 Å². The second-order valence-electron chi connectivity index (χ2n) is 5.81. The summed E-state index contributed by atoms with van der Waals surface area (Å²) in [5, 5.41) is 3.19. The average molecular weight is 364 g/mol. The molecule has 0 unspecified atom stereocenters. The van der Waals surface area contributed by atoms with Gasteiger partial charge >= 0.3 is 0 Å². The van der Waals surface area contributed by atoms with Gasteiger partial charge in [-0.1, -0.05) is 11.6 Å². The summed E-state index contributed by atoms with van der Waals surface area (Å²) in [6, 6.07) is 2.81. The number of amides is 1. The van der Waals surface area contributed by atoms with E-state index in [2.05, 4.69) is 21.5 Å². The fourth-order valence-corrected chi connectivity index (χ4v) is 2.98. The van der Waals surface area contributed by atoms with Gasteiger partial charge < -0.3 is 15.8 Å². The van der Waals surface area contributed by atoms with Crippen LogP contribution in [0.25, 0.3) is 11.3 Å². The molecule has 2 aromatic heterocycles. The van der Waals surface area contributed by atoms with Crippen molar-refractivity contribution >= 4 is 23.3 Å². The van der Waals surface area contributed by atoms with E-state index in [-0.39, 0.29) is 21.8 Å². The van der Waals surface area contributed by atoms with Crippen LogP contribution in [-0.2, 0) is 4.74 Å². The van der Waals surface area contributed by atoms with Crippen molar-refractivity contribution in [3.05, 3.63) is 40.9 Å². The van der Waals surface area contributed by atoms with Crippen molar-refractivity contribution in [2.24, 2.45) is 11.7 Å². The SMILES string of the molecule is NC(=O)c1cc(NCC2CCOCC2)nc(-c2c[c]ncc2F)c1Cl. The summed E-state index contributed by atoms with van der Waals surface area (Å²) < 4.78 is 19.4. The van der Waals surface area contributed by atoms with Crippen molar-refractivity contribution < 1.29 is 13.9 Å². The molecule has 2 aromatic rings. The Morgan fingerprint density at radius 2 is 2.24 bits per heavy atom. The minimum absolute atomic E-state index is 0.00242. The van der Waals surface area contributed by atoms with E-state index in [1.807, 2.05) is 0 Å². The maximum absolute atomic E-state index is 14.1. The highest BCUT2D eigenvalue weighted by Gasteiger charge is 2.20. The Bertz CT molecular complexity index is 781. The summed E-state index contributed by atoms with van der Waals surface area (Å²) in [6.07, 6.45) is 5.45. The van der Waals surface area contributed by atoms with E-state index >= 15 is 0 Å². The topological polar surface area (TPSA) is 90.1 Å². The summed E-state index contributed by atoms with van der Waals surface area (Å²) in [7, 11) is 0. The minimum Gasteiger partial charge on any atom is -0.381 e. The van der Waals surface area contributed by atoms with Gasteiger partial charge in [-0.2, -0.15) is 0 Å². The minimum atomic E-state index is -0.707. The molecule has 0 atom stereocenters. The van der Waals surface area contributed by atoms with Crippen molar-refractivity contribution in [2.75, 3.05) is 25.1 Å². The van der Waals surface area contributed by atoms with E-state index in [0.717, 1.165) is 32.3 Å². The first kappa shape index (κ1) is 17.6. The first-order valence-electron chi connectivity index (χ1n) is 7.90. The smallest absolute Gasteiger partial charge is 0.250 e. The zero-order valence-electron chi connectivity index (χ0n) is 13.4. The maximum atomic E-state index is 14.1. The van der Waals surface area contributed by atoms with Crippen molar-refractivity contribution in [1.82, 2.24) is 9.97 Å². The lowest BCUT2D eigenvalue weighted by atomic mass is 10.0. The summed E-state index contributed by atoms with van der Waals surface area (Å²) in [6.45, 7) is 2.13. The van der Waals surface area contributed by atoms with Crippen LogP contribution in [0.1, 0.15) is 23.2 Å². The molecule has 25 heavy (non-hydrogen) atoms. The molecule has 0 spiro atoms. The predicted octanol–water partition coefficient (Wildman–Crippen LogP) is 2.67. The van der Waals surface area contributed by atoms with E-state index < -0.39 is 11.7 Å². The van der Waals surface area contributed by atoms with Crippen molar-refractivity contribution in [3.63, 3.8) is 0 Å². The predicted molar refractivity (Wildman–Crippen MR) is 91.8 cm³/mol. The van der Waals surface area contributed by atoms with Crippen LogP contribution in [0.15, 0.2) is 18.3 Å². The van der Waals surface area contributed by atoms with Gasteiger partial charge in [-0.3, -0.25) is 9.78 Å².